The smallest absolute Gasteiger partial charge is 0.316 e. The third kappa shape index (κ3) is 4.21. The Labute approximate surface area is 147 Å². The number of hydrogen-bond acceptors (Lipinski definition) is 4. The van der Waals surface area contributed by atoms with Crippen molar-refractivity contribution in [2.45, 2.75) is 13.3 Å². The van der Waals surface area contributed by atoms with E-state index in [9.17, 15) is 10.0 Å². The van der Waals surface area contributed by atoms with E-state index in [1.54, 1.807) is 12.3 Å². The molecule has 132 valence electrons. The molecule has 0 saturated carbocycles. The number of anilines is 1. The summed E-state index contributed by atoms with van der Waals surface area (Å²) in [6, 6.07) is 13.4. The number of pyridine rings is 1. The van der Waals surface area contributed by atoms with Crippen molar-refractivity contribution in [2.75, 3.05) is 37.7 Å². The third-order valence-corrected chi connectivity index (χ3v) is 4.47. The molecule has 1 aliphatic heterocycles. The van der Waals surface area contributed by atoms with Gasteiger partial charge in [-0.3, -0.25) is 9.69 Å². The van der Waals surface area contributed by atoms with Gasteiger partial charge in [0.25, 0.3) is 5.91 Å². The molecule has 0 radical (unpaired) electrons. The summed E-state index contributed by atoms with van der Waals surface area (Å²) in [4.78, 5) is 16.2. The number of benzene rings is 1. The normalized spacial score (nSPS) is 14.4. The molecule has 1 aromatic heterocycles. The molecule has 3 rings (SSSR count). The van der Waals surface area contributed by atoms with E-state index < -0.39 is 0 Å². The first-order valence-corrected chi connectivity index (χ1v) is 8.62. The van der Waals surface area contributed by atoms with E-state index in [0.29, 0.717) is 26.2 Å². The SMILES string of the molecule is CCc1ccc(OCC(=O)N2CCN(c3cccc[n+]3O)CC2)cc1. The molecule has 2 heterocycles. The van der Waals surface area contributed by atoms with Gasteiger partial charge in [-0.05, 0) is 30.2 Å². The van der Waals surface area contributed by atoms with E-state index in [4.69, 9.17) is 4.74 Å². The molecular formula is C19H24N3O3+. The second kappa shape index (κ2) is 7.88. The maximum absolute atomic E-state index is 12.3. The van der Waals surface area contributed by atoms with Gasteiger partial charge in [0.2, 0.25) is 0 Å². The van der Waals surface area contributed by atoms with Crippen LogP contribution in [0.5, 0.6) is 5.75 Å². The molecule has 1 aliphatic rings. The number of ether oxygens (including phenoxy) is 1. The van der Waals surface area contributed by atoms with Crippen molar-refractivity contribution in [3.63, 3.8) is 0 Å². The Morgan fingerprint density at radius 3 is 2.48 bits per heavy atom. The van der Waals surface area contributed by atoms with Gasteiger partial charge in [0.05, 0.1) is 13.1 Å². The Balaban J connectivity index is 1.49. The fraction of sp³-hybridized carbons (Fsp3) is 0.368. The fourth-order valence-electron chi connectivity index (χ4n) is 2.92. The van der Waals surface area contributed by atoms with Crippen LogP contribution in [0.2, 0.25) is 0 Å². The van der Waals surface area contributed by atoms with Crippen molar-refractivity contribution >= 4 is 11.7 Å². The molecule has 25 heavy (non-hydrogen) atoms. The van der Waals surface area contributed by atoms with Gasteiger partial charge in [0.1, 0.15) is 25.0 Å². The molecule has 1 aromatic carbocycles. The largest absolute Gasteiger partial charge is 0.484 e. The Hall–Kier alpha value is -2.76. The van der Waals surface area contributed by atoms with Crippen LogP contribution in [-0.4, -0.2) is 48.8 Å². The second-order valence-corrected chi connectivity index (χ2v) is 6.06. The zero-order valence-corrected chi connectivity index (χ0v) is 14.5. The van der Waals surface area contributed by atoms with E-state index in [1.165, 1.54) is 5.56 Å². The summed E-state index contributed by atoms with van der Waals surface area (Å²) in [5.41, 5.74) is 1.25. The number of rotatable bonds is 5. The summed E-state index contributed by atoms with van der Waals surface area (Å²) in [6.45, 7) is 4.75. The van der Waals surface area contributed by atoms with Gasteiger partial charge in [-0.1, -0.05) is 29.9 Å². The standard InChI is InChI=1S/C19H24N3O3/c1-2-16-6-8-17(9-7-16)25-15-19(23)21-13-11-20(12-14-21)18-5-3-4-10-22(18)24/h3-10,24H,2,11-15H2,1H3/q+1. The zero-order valence-electron chi connectivity index (χ0n) is 14.5. The van der Waals surface area contributed by atoms with Crippen LogP contribution >= 0.6 is 0 Å². The molecule has 1 fully saturated rings. The highest BCUT2D eigenvalue weighted by atomic mass is 16.5. The number of carbonyl (C=O) groups excluding carboxylic acids is 1. The highest BCUT2D eigenvalue weighted by molar-refractivity contribution is 5.78. The Morgan fingerprint density at radius 2 is 1.84 bits per heavy atom. The monoisotopic (exact) mass is 342 g/mol. The second-order valence-electron chi connectivity index (χ2n) is 6.06. The summed E-state index contributed by atoms with van der Waals surface area (Å²) < 4.78 is 6.71. The molecule has 0 spiro atoms. The lowest BCUT2D eigenvalue weighted by Crippen LogP contribution is -2.53. The molecule has 2 aromatic rings. The average Bonchev–Trinajstić information content (AvgIpc) is 2.67. The predicted molar refractivity (Wildman–Crippen MR) is 93.9 cm³/mol. The van der Waals surface area contributed by atoms with E-state index >= 15 is 0 Å². The third-order valence-electron chi connectivity index (χ3n) is 4.47. The molecule has 0 aliphatic carbocycles. The summed E-state index contributed by atoms with van der Waals surface area (Å²) in [7, 11) is 0. The summed E-state index contributed by atoms with van der Waals surface area (Å²) >= 11 is 0. The summed E-state index contributed by atoms with van der Waals surface area (Å²) in [6.07, 6.45) is 2.59. The lowest BCUT2D eigenvalue weighted by Gasteiger charge is -2.31. The highest BCUT2D eigenvalue weighted by Gasteiger charge is 2.27. The van der Waals surface area contributed by atoms with Gasteiger partial charge in [-0.25, -0.2) is 0 Å². The van der Waals surface area contributed by atoms with E-state index in [0.717, 1.165) is 22.7 Å². The Morgan fingerprint density at radius 1 is 1.12 bits per heavy atom. The molecule has 1 saturated heterocycles. The minimum atomic E-state index is -0.0100. The average molecular weight is 342 g/mol. The van der Waals surface area contributed by atoms with Gasteiger partial charge in [-0.15, -0.1) is 0 Å². The number of nitrogens with zero attached hydrogens (tertiary/aromatic N) is 3. The molecule has 0 atom stereocenters. The van der Waals surface area contributed by atoms with Crippen molar-refractivity contribution in [3.8, 4) is 5.75 Å². The quantitative estimate of drug-likeness (QED) is 0.661. The minimum absolute atomic E-state index is 0.0100. The molecule has 0 unspecified atom stereocenters. The predicted octanol–water partition coefficient (Wildman–Crippen LogP) is 1.50. The minimum Gasteiger partial charge on any atom is -0.484 e. The fourth-order valence-corrected chi connectivity index (χ4v) is 2.92. The van der Waals surface area contributed by atoms with Gasteiger partial charge in [-0.2, -0.15) is 0 Å². The van der Waals surface area contributed by atoms with E-state index in [2.05, 4.69) is 11.8 Å². The van der Waals surface area contributed by atoms with Crippen molar-refractivity contribution in [1.29, 1.82) is 0 Å². The van der Waals surface area contributed by atoms with Crippen LogP contribution in [0.25, 0.3) is 0 Å². The Kier molecular flexibility index (Phi) is 5.38. The zero-order chi connectivity index (χ0) is 17.6. The molecule has 0 bridgehead atoms. The summed E-state index contributed by atoms with van der Waals surface area (Å²) in [5, 5.41) is 9.86. The van der Waals surface area contributed by atoms with Crippen LogP contribution in [-0.2, 0) is 11.2 Å². The lowest BCUT2D eigenvalue weighted by molar-refractivity contribution is -0.894. The first-order valence-electron chi connectivity index (χ1n) is 8.62. The van der Waals surface area contributed by atoms with Crippen LogP contribution in [0.1, 0.15) is 12.5 Å². The topological polar surface area (TPSA) is 56.9 Å². The number of carbonyl (C=O) groups is 1. The molecule has 1 amide bonds. The van der Waals surface area contributed by atoms with Gasteiger partial charge in [0, 0.05) is 6.07 Å². The number of aryl methyl sites for hydroxylation is 1. The lowest BCUT2D eigenvalue weighted by atomic mass is 10.2. The van der Waals surface area contributed by atoms with Crippen LogP contribution in [0.3, 0.4) is 0 Å². The van der Waals surface area contributed by atoms with Crippen LogP contribution in [0, 0.1) is 0 Å². The van der Waals surface area contributed by atoms with Crippen LogP contribution in [0.15, 0.2) is 48.7 Å². The maximum atomic E-state index is 12.3. The van der Waals surface area contributed by atoms with E-state index in [-0.39, 0.29) is 12.5 Å². The first kappa shape index (κ1) is 17.1. The van der Waals surface area contributed by atoms with Crippen LogP contribution < -0.4 is 14.4 Å². The van der Waals surface area contributed by atoms with Crippen molar-refractivity contribution in [3.05, 3.63) is 54.2 Å². The number of aromatic nitrogens is 1. The van der Waals surface area contributed by atoms with Crippen molar-refractivity contribution in [2.24, 2.45) is 0 Å². The summed E-state index contributed by atoms with van der Waals surface area (Å²) in [5.74, 6) is 1.45. The van der Waals surface area contributed by atoms with Gasteiger partial charge >= 0.3 is 5.82 Å². The maximum Gasteiger partial charge on any atom is 0.316 e. The number of hydrogen-bond donors (Lipinski definition) is 1. The highest BCUT2D eigenvalue weighted by Crippen LogP contribution is 2.14. The van der Waals surface area contributed by atoms with Crippen molar-refractivity contribution < 1.29 is 19.5 Å². The molecule has 6 heteroatoms. The van der Waals surface area contributed by atoms with Gasteiger partial charge in [0.15, 0.2) is 6.61 Å². The number of amides is 1. The first-order chi connectivity index (χ1) is 12.2. The van der Waals surface area contributed by atoms with E-state index in [1.807, 2.05) is 41.3 Å². The molecule has 6 nitrogen and oxygen atoms in total. The molecular weight excluding hydrogens is 318 g/mol. The van der Waals surface area contributed by atoms with Gasteiger partial charge < -0.3 is 14.8 Å². The number of piperazine rings is 1. The molecule has 1 N–H and O–H groups in total. The van der Waals surface area contributed by atoms with Crippen molar-refractivity contribution in [1.82, 2.24) is 4.90 Å². The van der Waals surface area contributed by atoms with Crippen LogP contribution in [0.4, 0.5) is 5.82 Å². The Bertz CT molecular complexity index is 710.